The summed E-state index contributed by atoms with van der Waals surface area (Å²) in [4.78, 5) is 12.2. The zero-order chi connectivity index (χ0) is 18.2. The Balaban J connectivity index is 2.06. The van der Waals surface area contributed by atoms with E-state index in [0.717, 1.165) is 5.75 Å². The zero-order valence-corrected chi connectivity index (χ0v) is 14.9. The lowest BCUT2D eigenvalue weighted by Crippen LogP contribution is -2.14. The SMILES string of the molecule is CCOc1ccc(N/C=C(/C#N)C(=O)Nc2ccc(Cl)cc2Cl)cc1. The molecule has 2 rings (SSSR count). The summed E-state index contributed by atoms with van der Waals surface area (Å²) < 4.78 is 5.35. The number of nitrogens with zero attached hydrogens (tertiary/aromatic N) is 1. The van der Waals surface area contributed by atoms with E-state index in [1.807, 2.05) is 13.0 Å². The molecule has 0 aliphatic carbocycles. The van der Waals surface area contributed by atoms with Gasteiger partial charge in [0.05, 0.1) is 17.3 Å². The van der Waals surface area contributed by atoms with Gasteiger partial charge in [0.15, 0.2) is 0 Å². The number of carbonyl (C=O) groups is 1. The molecule has 0 unspecified atom stereocenters. The molecule has 2 aromatic rings. The second-order valence-electron chi connectivity index (χ2n) is 4.85. The van der Waals surface area contributed by atoms with Gasteiger partial charge in [-0.2, -0.15) is 5.26 Å². The number of halogens is 2. The summed E-state index contributed by atoms with van der Waals surface area (Å²) in [6.07, 6.45) is 1.33. The highest BCUT2D eigenvalue weighted by Crippen LogP contribution is 2.25. The minimum Gasteiger partial charge on any atom is -0.494 e. The number of hydrogen-bond donors (Lipinski definition) is 2. The number of rotatable bonds is 6. The number of carbonyl (C=O) groups excluding carboxylic acids is 1. The molecule has 0 spiro atoms. The first-order chi connectivity index (χ1) is 12.0. The Morgan fingerprint density at radius 2 is 1.96 bits per heavy atom. The molecular weight excluding hydrogens is 361 g/mol. The summed E-state index contributed by atoms with van der Waals surface area (Å²) in [6.45, 7) is 2.48. The van der Waals surface area contributed by atoms with Crippen molar-refractivity contribution >= 4 is 40.5 Å². The average molecular weight is 376 g/mol. The summed E-state index contributed by atoms with van der Waals surface area (Å²) >= 11 is 11.8. The molecule has 0 aliphatic heterocycles. The molecule has 0 atom stereocenters. The van der Waals surface area contributed by atoms with Crippen molar-refractivity contribution in [1.29, 1.82) is 5.26 Å². The lowest BCUT2D eigenvalue weighted by atomic mass is 10.2. The van der Waals surface area contributed by atoms with Gasteiger partial charge in [-0.3, -0.25) is 4.79 Å². The van der Waals surface area contributed by atoms with Crippen molar-refractivity contribution in [3.8, 4) is 11.8 Å². The maximum Gasteiger partial charge on any atom is 0.267 e. The Kier molecular flexibility index (Phi) is 6.70. The first kappa shape index (κ1) is 18.7. The molecule has 0 saturated heterocycles. The molecule has 2 N–H and O–H groups in total. The second kappa shape index (κ2) is 8.97. The predicted molar refractivity (Wildman–Crippen MR) is 100 cm³/mol. The highest BCUT2D eigenvalue weighted by atomic mass is 35.5. The number of amides is 1. The molecule has 0 aliphatic rings. The van der Waals surface area contributed by atoms with Crippen LogP contribution in [0.25, 0.3) is 0 Å². The summed E-state index contributed by atoms with van der Waals surface area (Å²) in [5.41, 5.74) is 0.992. The van der Waals surface area contributed by atoms with E-state index in [9.17, 15) is 10.1 Å². The first-order valence-corrected chi connectivity index (χ1v) is 8.15. The molecule has 7 heteroatoms. The van der Waals surface area contributed by atoms with Crippen LogP contribution in [0.3, 0.4) is 0 Å². The molecule has 0 fully saturated rings. The molecule has 5 nitrogen and oxygen atoms in total. The highest BCUT2D eigenvalue weighted by molar-refractivity contribution is 6.36. The Hall–Kier alpha value is -2.68. The number of benzene rings is 2. The third kappa shape index (κ3) is 5.42. The van der Waals surface area contributed by atoms with Gasteiger partial charge in [-0.1, -0.05) is 23.2 Å². The fourth-order valence-electron chi connectivity index (χ4n) is 1.90. The minimum atomic E-state index is -0.579. The second-order valence-corrected chi connectivity index (χ2v) is 5.69. The van der Waals surface area contributed by atoms with Crippen molar-refractivity contribution in [2.75, 3.05) is 17.2 Å². The molecule has 2 aromatic carbocycles. The van der Waals surface area contributed by atoms with Gasteiger partial charge in [-0.15, -0.1) is 0 Å². The van der Waals surface area contributed by atoms with E-state index in [1.54, 1.807) is 36.4 Å². The third-order valence-corrected chi connectivity index (χ3v) is 3.64. The van der Waals surface area contributed by atoms with Gasteiger partial charge in [0, 0.05) is 16.9 Å². The molecule has 25 heavy (non-hydrogen) atoms. The number of nitriles is 1. The van der Waals surface area contributed by atoms with Gasteiger partial charge in [0.1, 0.15) is 17.4 Å². The largest absolute Gasteiger partial charge is 0.494 e. The normalized spacial score (nSPS) is 10.7. The maximum atomic E-state index is 12.2. The Morgan fingerprint density at radius 3 is 2.56 bits per heavy atom. The number of ether oxygens (including phenoxy) is 1. The Morgan fingerprint density at radius 1 is 1.24 bits per heavy atom. The third-order valence-electron chi connectivity index (χ3n) is 3.09. The van der Waals surface area contributed by atoms with E-state index >= 15 is 0 Å². The van der Waals surface area contributed by atoms with Gasteiger partial charge in [0.25, 0.3) is 5.91 Å². The van der Waals surface area contributed by atoms with Crippen molar-refractivity contribution < 1.29 is 9.53 Å². The van der Waals surface area contributed by atoms with Crippen molar-refractivity contribution in [1.82, 2.24) is 0 Å². The van der Waals surface area contributed by atoms with Crippen LogP contribution in [-0.4, -0.2) is 12.5 Å². The van der Waals surface area contributed by atoms with Gasteiger partial charge >= 0.3 is 0 Å². The molecular formula is C18H15Cl2N3O2. The van der Waals surface area contributed by atoms with E-state index < -0.39 is 5.91 Å². The van der Waals surface area contributed by atoms with Crippen molar-refractivity contribution in [2.45, 2.75) is 6.92 Å². The average Bonchev–Trinajstić information content (AvgIpc) is 2.59. The standard InChI is InChI=1S/C18H15Cl2N3O2/c1-2-25-15-6-4-14(5-7-15)22-11-12(10-21)18(24)23-17-8-3-13(19)9-16(17)20/h3-9,11,22H,2H2,1H3,(H,23,24)/b12-11-. The smallest absolute Gasteiger partial charge is 0.267 e. The van der Waals surface area contributed by atoms with Gasteiger partial charge < -0.3 is 15.4 Å². The molecule has 0 radical (unpaired) electrons. The van der Waals surface area contributed by atoms with Crippen LogP contribution in [0.1, 0.15) is 6.92 Å². The summed E-state index contributed by atoms with van der Waals surface area (Å²) in [7, 11) is 0. The van der Waals surface area contributed by atoms with Crippen LogP contribution < -0.4 is 15.4 Å². The van der Waals surface area contributed by atoms with E-state index in [0.29, 0.717) is 23.0 Å². The highest BCUT2D eigenvalue weighted by Gasteiger charge is 2.11. The van der Waals surface area contributed by atoms with E-state index in [4.69, 9.17) is 27.9 Å². The van der Waals surface area contributed by atoms with Crippen LogP contribution in [0.5, 0.6) is 5.75 Å². The molecule has 128 valence electrons. The van der Waals surface area contributed by atoms with Gasteiger partial charge in [-0.25, -0.2) is 0 Å². The van der Waals surface area contributed by atoms with Crippen LogP contribution in [0, 0.1) is 11.3 Å². The summed E-state index contributed by atoms with van der Waals surface area (Å²) in [5.74, 6) is 0.165. The minimum absolute atomic E-state index is 0.0973. The quantitative estimate of drug-likeness (QED) is 0.558. The van der Waals surface area contributed by atoms with Crippen molar-refractivity contribution in [3.63, 3.8) is 0 Å². The van der Waals surface area contributed by atoms with E-state index in [1.165, 1.54) is 12.3 Å². The molecule has 0 saturated carbocycles. The molecule has 0 heterocycles. The van der Waals surface area contributed by atoms with Crippen molar-refractivity contribution in [3.05, 3.63) is 64.3 Å². The van der Waals surface area contributed by atoms with Gasteiger partial charge in [-0.05, 0) is 49.4 Å². The topological polar surface area (TPSA) is 74.1 Å². The zero-order valence-electron chi connectivity index (χ0n) is 13.3. The van der Waals surface area contributed by atoms with Crippen LogP contribution in [0.4, 0.5) is 11.4 Å². The molecule has 1 amide bonds. The van der Waals surface area contributed by atoms with Crippen LogP contribution in [0.2, 0.25) is 10.0 Å². The van der Waals surface area contributed by atoms with Crippen LogP contribution in [0.15, 0.2) is 54.2 Å². The monoisotopic (exact) mass is 375 g/mol. The van der Waals surface area contributed by atoms with E-state index in [-0.39, 0.29) is 10.6 Å². The fraction of sp³-hybridized carbons (Fsp3) is 0.111. The number of anilines is 2. The van der Waals surface area contributed by atoms with Crippen LogP contribution >= 0.6 is 23.2 Å². The lowest BCUT2D eigenvalue weighted by Gasteiger charge is -2.08. The number of nitrogens with one attached hydrogen (secondary N) is 2. The van der Waals surface area contributed by atoms with E-state index in [2.05, 4.69) is 10.6 Å². The Bertz CT molecular complexity index is 827. The maximum absolute atomic E-state index is 12.2. The van der Waals surface area contributed by atoms with Crippen molar-refractivity contribution in [2.24, 2.45) is 0 Å². The predicted octanol–water partition coefficient (Wildman–Crippen LogP) is 4.85. The summed E-state index contributed by atoms with van der Waals surface area (Å²) in [5, 5.41) is 15.4. The molecule has 0 bridgehead atoms. The molecule has 0 aromatic heterocycles. The summed E-state index contributed by atoms with van der Waals surface area (Å²) in [6, 6.07) is 13.7. The fourth-order valence-corrected chi connectivity index (χ4v) is 2.35. The van der Waals surface area contributed by atoms with Gasteiger partial charge in [0.2, 0.25) is 0 Å². The first-order valence-electron chi connectivity index (χ1n) is 7.39. The number of hydrogen-bond acceptors (Lipinski definition) is 4. The van der Waals surface area contributed by atoms with Crippen LogP contribution in [-0.2, 0) is 4.79 Å². The Labute approximate surface area is 155 Å². The lowest BCUT2D eigenvalue weighted by molar-refractivity contribution is -0.112.